The molecule has 15 heavy (non-hydrogen) atoms. The zero-order valence-electron chi connectivity index (χ0n) is 8.13. The van der Waals surface area contributed by atoms with Crippen molar-refractivity contribution < 1.29 is 14.3 Å². The van der Waals surface area contributed by atoms with Gasteiger partial charge in [0.15, 0.2) is 12.5 Å². The van der Waals surface area contributed by atoms with E-state index in [0.717, 1.165) is 15.2 Å². The Balaban J connectivity index is 2.83. The van der Waals surface area contributed by atoms with Crippen molar-refractivity contribution in [2.75, 3.05) is 13.4 Å². The van der Waals surface area contributed by atoms with Crippen LogP contribution < -0.4 is 4.74 Å². The Hall–Kier alpha value is -0.390. The molecular formula is C10H10Br2O3. The molecular weight excluding hydrogens is 328 g/mol. The van der Waals surface area contributed by atoms with Crippen LogP contribution in [0.3, 0.4) is 0 Å². The zero-order chi connectivity index (χ0) is 11.3. The lowest BCUT2D eigenvalue weighted by Gasteiger charge is -2.10. The number of benzene rings is 1. The third kappa shape index (κ3) is 3.59. The fourth-order valence-electron chi connectivity index (χ4n) is 0.969. The van der Waals surface area contributed by atoms with Crippen molar-refractivity contribution in [2.24, 2.45) is 0 Å². The third-order valence-electron chi connectivity index (χ3n) is 1.65. The molecule has 1 rings (SSSR count). The van der Waals surface area contributed by atoms with Crippen LogP contribution in [0.15, 0.2) is 21.1 Å². The van der Waals surface area contributed by atoms with Gasteiger partial charge in [0.05, 0.1) is 8.95 Å². The Labute approximate surface area is 105 Å². The van der Waals surface area contributed by atoms with Crippen LogP contribution in [0.2, 0.25) is 0 Å². The standard InChI is InChI=1S/C10H10Br2O3/c1-2-14-6-15-10-8(11)3-7(5-13)4-9(10)12/h3-5H,2,6H2,1H3. The van der Waals surface area contributed by atoms with E-state index in [1.807, 2.05) is 6.92 Å². The molecule has 0 radical (unpaired) electrons. The fraction of sp³-hybridized carbons (Fsp3) is 0.300. The second-order valence-corrected chi connectivity index (χ2v) is 4.40. The number of halogens is 2. The lowest BCUT2D eigenvalue weighted by molar-refractivity contribution is 0.0215. The highest BCUT2D eigenvalue weighted by Crippen LogP contribution is 2.34. The summed E-state index contributed by atoms with van der Waals surface area (Å²) in [6.45, 7) is 2.68. The molecule has 0 amide bonds. The molecule has 1 aromatic rings. The number of rotatable bonds is 5. The van der Waals surface area contributed by atoms with Crippen LogP contribution in [-0.2, 0) is 4.74 Å². The minimum absolute atomic E-state index is 0.189. The van der Waals surface area contributed by atoms with E-state index in [4.69, 9.17) is 9.47 Å². The van der Waals surface area contributed by atoms with Crippen molar-refractivity contribution in [1.82, 2.24) is 0 Å². The van der Waals surface area contributed by atoms with Gasteiger partial charge in [0, 0.05) is 12.2 Å². The summed E-state index contributed by atoms with van der Waals surface area (Å²) in [5.74, 6) is 0.633. The molecule has 3 nitrogen and oxygen atoms in total. The maximum Gasteiger partial charge on any atom is 0.189 e. The van der Waals surface area contributed by atoms with Gasteiger partial charge in [-0.15, -0.1) is 0 Å². The molecule has 0 heterocycles. The van der Waals surface area contributed by atoms with E-state index in [-0.39, 0.29) is 6.79 Å². The first-order valence-corrected chi connectivity index (χ1v) is 5.92. The number of aldehydes is 1. The fourth-order valence-corrected chi connectivity index (χ4v) is 2.42. The van der Waals surface area contributed by atoms with Gasteiger partial charge in [-0.2, -0.15) is 0 Å². The van der Waals surface area contributed by atoms with E-state index in [0.29, 0.717) is 17.9 Å². The second kappa shape index (κ2) is 6.25. The number of carbonyl (C=O) groups is 1. The van der Waals surface area contributed by atoms with Crippen molar-refractivity contribution in [2.45, 2.75) is 6.92 Å². The topological polar surface area (TPSA) is 35.5 Å². The quantitative estimate of drug-likeness (QED) is 0.469. The Bertz CT molecular complexity index is 330. The number of carbonyl (C=O) groups excluding carboxylic acids is 1. The Morgan fingerprint density at radius 2 is 1.93 bits per heavy atom. The monoisotopic (exact) mass is 336 g/mol. The Morgan fingerprint density at radius 3 is 2.40 bits per heavy atom. The molecule has 0 atom stereocenters. The van der Waals surface area contributed by atoms with Crippen molar-refractivity contribution in [1.29, 1.82) is 0 Å². The predicted molar refractivity (Wildman–Crippen MR) is 64.4 cm³/mol. The molecule has 0 aromatic heterocycles. The summed E-state index contributed by atoms with van der Waals surface area (Å²) in [4.78, 5) is 10.6. The van der Waals surface area contributed by atoms with Gasteiger partial charge >= 0.3 is 0 Å². The van der Waals surface area contributed by atoms with E-state index in [1.54, 1.807) is 12.1 Å². The summed E-state index contributed by atoms with van der Waals surface area (Å²) in [7, 11) is 0. The summed E-state index contributed by atoms with van der Waals surface area (Å²) in [5.41, 5.74) is 0.581. The molecule has 0 bridgehead atoms. The molecule has 0 N–H and O–H groups in total. The van der Waals surface area contributed by atoms with Gasteiger partial charge < -0.3 is 9.47 Å². The highest BCUT2D eigenvalue weighted by atomic mass is 79.9. The average molecular weight is 338 g/mol. The average Bonchev–Trinajstić information content (AvgIpc) is 2.22. The Kier molecular flexibility index (Phi) is 5.28. The van der Waals surface area contributed by atoms with Gasteiger partial charge in [0.2, 0.25) is 0 Å². The lowest BCUT2D eigenvalue weighted by atomic mass is 10.2. The minimum Gasteiger partial charge on any atom is -0.465 e. The maximum absolute atomic E-state index is 10.6. The van der Waals surface area contributed by atoms with Crippen LogP contribution in [-0.4, -0.2) is 19.7 Å². The molecule has 0 saturated heterocycles. The maximum atomic E-state index is 10.6. The van der Waals surface area contributed by atoms with Crippen LogP contribution in [0.1, 0.15) is 17.3 Å². The summed E-state index contributed by atoms with van der Waals surface area (Å²) in [5, 5.41) is 0. The van der Waals surface area contributed by atoms with Crippen molar-refractivity contribution in [3.8, 4) is 5.75 Å². The molecule has 0 fully saturated rings. The molecule has 0 spiro atoms. The van der Waals surface area contributed by atoms with Gasteiger partial charge in [-0.05, 0) is 50.9 Å². The van der Waals surface area contributed by atoms with E-state index in [1.165, 1.54) is 0 Å². The van der Waals surface area contributed by atoms with Crippen molar-refractivity contribution >= 4 is 38.1 Å². The normalized spacial score (nSPS) is 10.1. The Morgan fingerprint density at radius 1 is 1.33 bits per heavy atom. The lowest BCUT2D eigenvalue weighted by Crippen LogP contribution is -2.03. The molecule has 0 unspecified atom stereocenters. The highest BCUT2D eigenvalue weighted by molar-refractivity contribution is 9.11. The second-order valence-electron chi connectivity index (χ2n) is 2.69. The van der Waals surface area contributed by atoms with Crippen molar-refractivity contribution in [3.05, 3.63) is 26.6 Å². The molecule has 0 aliphatic rings. The first-order chi connectivity index (χ1) is 7.19. The predicted octanol–water partition coefficient (Wildman–Crippen LogP) is 3.40. The minimum atomic E-state index is 0.189. The van der Waals surface area contributed by atoms with Crippen LogP contribution in [0.4, 0.5) is 0 Å². The van der Waals surface area contributed by atoms with Gasteiger partial charge in [-0.1, -0.05) is 0 Å². The molecule has 1 aromatic carbocycles. The van der Waals surface area contributed by atoms with Gasteiger partial charge in [0.1, 0.15) is 6.29 Å². The van der Waals surface area contributed by atoms with Crippen LogP contribution in [0.25, 0.3) is 0 Å². The van der Waals surface area contributed by atoms with E-state index in [2.05, 4.69) is 31.9 Å². The van der Waals surface area contributed by atoms with E-state index in [9.17, 15) is 4.79 Å². The van der Waals surface area contributed by atoms with Crippen LogP contribution >= 0.6 is 31.9 Å². The molecule has 0 aliphatic heterocycles. The third-order valence-corrected chi connectivity index (χ3v) is 2.83. The van der Waals surface area contributed by atoms with E-state index >= 15 is 0 Å². The summed E-state index contributed by atoms with van der Waals surface area (Å²) in [6, 6.07) is 3.39. The highest BCUT2D eigenvalue weighted by Gasteiger charge is 2.08. The number of ether oxygens (including phenoxy) is 2. The smallest absolute Gasteiger partial charge is 0.189 e. The molecule has 0 saturated carbocycles. The van der Waals surface area contributed by atoms with Crippen LogP contribution in [0.5, 0.6) is 5.75 Å². The number of hydrogen-bond donors (Lipinski definition) is 0. The molecule has 5 heteroatoms. The summed E-state index contributed by atoms with van der Waals surface area (Å²) >= 11 is 6.64. The first kappa shape index (κ1) is 12.7. The summed E-state index contributed by atoms with van der Waals surface area (Å²) < 4.78 is 11.9. The summed E-state index contributed by atoms with van der Waals surface area (Å²) in [6.07, 6.45) is 0.780. The number of hydrogen-bond acceptors (Lipinski definition) is 3. The van der Waals surface area contributed by atoms with Crippen LogP contribution in [0, 0.1) is 0 Å². The van der Waals surface area contributed by atoms with Crippen molar-refractivity contribution in [3.63, 3.8) is 0 Å². The SMILES string of the molecule is CCOCOc1c(Br)cc(C=O)cc1Br. The molecule has 82 valence electrons. The van der Waals surface area contributed by atoms with Gasteiger partial charge in [-0.25, -0.2) is 0 Å². The zero-order valence-corrected chi connectivity index (χ0v) is 11.3. The van der Waals surface area contributed by atoms with Gasteiger partial charge in [-0.3, -0.25) is 4.79 Å². The first-order valence-electron chi connectivity index (χ1n) is 4.33. The largest absolute Gasteiger partial charge is 0.465 e. The van der Waals surface area contributed by atoms with E-state index < -0.39 is 0 Å². The molecule has 0 aliphatic carbocycles. The van der Waals surface area contributed by atoms with Gasteiger partial charge in [0.25, 0.3) is 0 Å².